The molecule has 1 aliphatic heterocycles. The van der Waals surface area contributed by atoms with E-state index >= 15 is 0 Å². The highest BCUT2D eigenvalue weighted by atomic mass is 32.1. The van der Waals surface area contributed by atoms with Crippen molar-refractivity contribution in [3.63, 3.8) is 0 Å². The summed E-state index contributed by atoms with van der Waals surface area (Å²) in [6, 6.07) is 14.4. The zero-order chi connectivity index (χ0) is 16.6. The topological polar surface area (TPSA) is 55.3 Å². The van der Waals surface area contributed by atoms with E-state index in [1.807, 2.05) is 24.3 Å². The average molecular weight is 351 g/mol. The standard InChI is InChI=1S/C19H17N3O2S/c1-2-8-18-14(5-1)20-19(25-18)15-6-3-9-22(15)12-13-11-17(24-21-13)16-7-4-10-23-16/h1-2,4-5,7-8,10-11,15H,3,6,9,12H2/t15-/m1/s1. The fraction of sp³-hybridized carbons (Fsp3) is 0.263. The molecule has 1 fully saturated rings. The van der Waals surface area contributed by atoms with Gasteiger partial charge >= 0.3 is 0 Å². The van der Waals surface area contributed by atoms with Gasteiger partial charge in [-0.25, -0.2) is 4.98 Å². The van der Waals surface area contributed by atoms with Gasteiger partial charge < -0.3 is 8.94 Å². The summed E-state index contributed by atoms with van der Waals surface area (Å²) in [4.78, 5) is 7.30. The first-order valence-corrected chi connectivity index (χ1v) is 9.27. The van der Waals surface area contributed by atoms with Gasteiger partial charge in [0.2, 0.25) is 5.76 Å². The normalized spacial score (nSPS) is 18.3. The number of benzene rings is 1. The third-order valence-electron chi connectivity index (χ3n) is 4.65. The molecule has 1 aromatic carbocycles. The minimum Gasteiger partial charge on any atom is -0.461 e. The Morgan fingerprint density at radius 2 is 2.12 bits per heavy atom. The van der Waals surface area contributed by atoms with E-state index in [1.165, 1.54) is 16.1 Å². The Kier molecular flexibility index (Phi) is 3.64. The number of likely N-dealkylation sites (tertiary alicyclic amines) is 1. The van der Waals surface area contributed by atoms with Crippen LogP contribution in [-0.4, -0.2) is 21.6 Å². The molecule has 4 heterocycles. The van der Waals surface area contributed by atoms with Gasteiger partial charge in [0, 0.05) is 12.6 Å². The highest BCUT2D eigenvalue weighted by Gasteiger charge is 2.29. The zero-order valence-corrected chi connectivity index (χ0v) is 14.4. The Hall–Kier alpha value is -2.44. The number of aromatic nitrogens is 2. The second-order valence-electron chi connectivity index (χ2n) is 6.31. The van der Waals surface area contributed by atoms with E-state index in [1.54, 1.807) is 17.6 Å². The Morgan fingerprint density at radius 1 is 1.16 bits per heavy atom. The average Bonchev–Trinajstić information content (AvgIpc) is 3.41. The first-order valence-electron chi connectivity index (χ1n) is 8.46. The lowest BCUT2D eigenvalue weighted by molar-refractivity contribution is 0.240. The number of hydrogen-bond acceptors (Lipinski definition) is 6. The Morgan fingerprint density at radius 3 is 3.00 bits per heavy atom. The van der Waals surface area contributed by atoms with E-state index in [0.717, 1.165) is 30.7 Å². The van der Waals surface area contributed by atoms with E-state index in [4.69, 9.17) is 13.9 Å². The van der Waals surface area contributed by atoms with Crippen LogP contribution in [0.1, 0.15) is 29.6 Å². The minimum atomic E-state index is 0.362. The van der Waals surface area contributed by atoms with Crippen LogP contribution in [0.15, 0.2) is 57.7 Å². The quantitative estimate of drug-likeness (QED) is 0.524. The number of hydrogen-bond donors (Lipinski definition) is 0. The van der Waals surface area contributed by atoms with Crippen molar-refractivity contribution < 1.29 is 8.94 Å². The fourth-order valence-electron chi connectivity index (χ4n) is 3.46. The van der Waals surface area contributed by atoms with Gasteiger partial charge in [0.1, 0.15) is 5.01 Å². The summed E-state index contributed by atoms with van der Waals surface area (Å²) >= 11 is 1.80. The first kappa shape index (κ1) is 14.9. The Labute approximate surface area is 148 Å². The summed E-state index contributed by atoms with van der Waals surface area (Å²) in [5.74, 6) is 1.39. The molecule has 0 aliphatic carbocycles. The highest BCUT2D eigenvalue weighted by Crippen LogP contribution is 2.37. The van der Waals surface area contributed by atoms with Crippen molar-refractivity contribution in [2.75, 3.05) is 6.54 Å². The number of thiazole rings is 1. The van der Waals surface area contributed by atoms with Gasteiger partial charge in [-0.3, -0.25) is 4.90 Å². The maximum Gasteiger partial charge on any atom is 0.202 e. The van der Waals surface area contributed by atoms with Crippen LogP contribution in [0.25, 0.3) is 21.7 Å². The molecule has 1 saturated heterocycles. The maximum atomic E-state index is 5.42. The molecule has 25 heavy (non-hydrogen) atoms. The smallest absolute Gasteiger partial charge is 0.202 e. The van der Waals surface area contributed by atoms with Crippen molar-refractivity contribution >= 4 is 21.6 Å². The number of fused-ring (bicyclic) bond motifs is 1. The molecule has 0 radical (unpaired) electrons. The second-order valence-corrected chi connectivity index (χ2v) is 7.37. The van der Waals surface area contributed by atoms with Crippen LogP contribution in [0.2, 0.25) is 0 Å². The highest BCUT2D eigenvalue weighted by molar-refractivity contribution is 7.18. The van der Waals surface area contributed by atoms with Crippen molar-refractivity contribution in [3.8, 4) is 11.5 Å². The van der Waals surface area contributed by atoms with Crippen LogP contribution < -0.4 is 0 Å². The molecule has 0 unspecified atom stereocenters. The molecule has 0 saturated carbocycles. The molecular formula is C19H17N3O2S. The van der Waals surface area contributed by atoms with Crippen molar-refractivity contribution in [1.82, 2.24) is 15.0 Å². The summed E-state index contributed by atoms with van der Waals surface area (Å²) in [5.41, 5.74) is 2.02. The third-order valence-corrected chi connectivity index (χ3v) is 5.78. The molecule has 5 rings (SSSR count). The van der Waals surface area contributed by atoms with E-state index in [9.17, 15) is 0 Å². The fourth-order valence-corrected chi connectivity index (χ4v) is 4.59. The van der Waals surface area contributed by atoms with Crippen molar-refractivity contribution in [3.05, 3.63) is 59.4 Å². The molecule has 3 aromatic heterocycles. The predicted octanol–water partition coefficient (Wildman–Crippen LogP) is 4.88. The molecule has 0 N–H and O–H groups in total. The molecule has 4 aromatic rings. The second kappa shape index (κ2) is 6.13. The van der Waals surface area contributed by atoms with Gasteiger partial charge in [-0.15, -0.1) is 11.3 Å². The summed E-state index contributed by atoms with van der Waals surface area (Å²) < 4.78 is 12.1. The monoisotopic (exact) mass is 351 g/mol. The van der Waals surface area contributed by atoms with E-state index in [-0.39, 0.29) is 0 Å². The van der Waals surface area contributed by atoms with Crippen LogP contribution >= 0.6 is 11.3 Å². The zero-order valence-electron chi connectivity index (χ0n) is 13.6. The van der Waals surface area contributed by atoms with Crippen LogP contribution in [-0.2, 0) is 6.54 Å². The van der Waals surface area contributed by atoms with Crippen LogP contribution in [0, 0.1) is 0 Å². The van der Waals surface area contributed by atoms with Gasteiger partial charge in [-0.1, -0.05) is 17.3 Å². The summed E-state index contributed by atoms with van der Waals surface area (Å²) in [6.45, 7) is 1.83. The lowest BCUT2D eigenvalue weighted by atomic mass is 10.2. The molecule has 5 nitrogen and oxygen atoms in total. The molecule has 126 valence electrons. The lowest BCUT2D eigenvalue weighted by Crippen LogP contribution is -2.22. The lowest BCUT2D eigenvalue weighted by Gasteiger charge is -2.21. The maximum absolute atomic E-state index is 5.42. The van der Waals surface area contributed by atoms with E-state index in [0.29, 0.717) is 17.6 Å². The SMILES string of the molecule is c1coc(-c2cc(CN3CCC[C@@H]3c3nc4ccccc4s3)no2)c1. The van der Waals surface area contributed by atoms with Crippen molar-refractivity contribution in [2.45, 2.75) is 25.4 Å². The summed E-state index contributed by atoms with van der Waals surface area (Å²) in [5, 5.41) is 5.42. The predicted molar refractivity (Wildman–Crippen MR) is 96.2 cm³/mol. The molecular weight excluding hydrogens is 334 g/mol. The van der Waals surface area contributed by atoms with Gasteiger partial charge in [0.25, 0.3) is 0 Å². The molecule has 0 bridgehead atoms. The van der Waals surface area contributed by atoms with Gasteiger partial charge in [0.15, 0.2) is 5.76 Å². The van der Waals surface area contributed by atoms with E-state index < -0.39 is 0 Å². The number of furan rings is 1. The van der Waals surface area contributed by atoms with Crippen LogP contribution in [0.4, 0.5) is 0 Å². The van der Waals surface area contributed by atoms with Crippen molar-refractivity contribution in [2.24, 2.45) is 0 Å². The van der Waals surface area contributed by atoms with Crippen molar-refractivity contribution in [1.29, 1.82) is 0 Å². The summed E-state index contributed by atoms with van der Waals surface area (Å²) in [6.07, 6.45) is 3.97. The molecule has 0 amide bonds. The third kappa shape index (κ3) is 2.77. The van der Waals surface area contributed by atoms with Gasteiger partial charge in [-0.05, 0) is 43.7 Å². The molecule has 6 heteroatoms. The Balaban J connectivity index is 1.38. The number of nitrogens with zero attached hydrogens (tertiary/aromatic N) is 3. The van der Waals surface area contributed by atoms with Gasteiger partial charge in [0.05, 0.1) is 28.2 Å². The van der Waals surface area contributed by atoms with Crippen LogP contribution in [0.3, 0.4) is 0 Å². The number of rotatable bonds is 4. The van der Waals surface area contributed by atoms with Crippen LogP contribution in [0.5, 0.6) is 0 Å². The molecule has 1 atom stereocenters. The summed E-state index contributed by atoms with van der Waals surface area (Å²) in [7, 11) is 0. The first-order chi connectivity index (χ1) is 12.4. The molecule has 0 spiro atoms. The minimum absolute atomic E-state index is 0.362. The van der Waals surface area contributed by atoms with Gasteiger partial charge in [-0.2, -0.15) is 0 Å². The van der Waals surface area contributed by atoms with E-state index in [2.05, 4.69) is 28.3 Å². The molecule has 1 aliphatic rings. The Bertz CT molecular complexity index is 956. The number of para-hydroxylation sites is 1. The largest absolute Gasteiger partial charge is 0.461 e.